The third-order valence-electron chi connectivity index (χ3n) is 1.62. The smallest absolute Gasteiger partial charge is 0.192 e. The SMILES string of the molecule is Brc1ccc(Sc2ncc(I)cn2)cc1. The number of hydrogen-bond acceptors (Lipinski definition) is 3. The van der Waals surface area contributed by atoms with Crippen LogP contribution in [-0.4, -0.2) is 9.97 Å². The Labute approximate surface area is 114 Å². The van der Waals surface area contributed by atoms with Gasteiger partial charge in [0.15, 0.2) is 5.16 Å². The fraction of sp³-hybridized carbons (Fsp3) is 0. The molecule has 0 aliphatic heterocycles. The van der Waals surface area contributed by atoms with Crippen molar-refractivity contribution in [3.63, 3.8) is 0 Å². The highest BCUT2D eigenvalue weighted by Crippen LogP contribution is 2.25. The van der Waals surface area contributed by atoms with Gasteiger partial charge in [-0.15, -0.1) is 0 Å². The van der Waals surface area contributed by atoms with Gasteiger partial charge in [-0.1, -0.05) is 15.9 Å². The summed E-state index contributed by atoms with van der Waals surface area (Å²) in [6.45, 7) is 0. The third-order valence-corrected chi connectivity index (χ3v) is 3.61. The van der Waals surface area contributed by atoms with E-state index in [0.717, 1.165) is 18.1 Å². The Hall–Kier alpha value is -0.140. The minimum atomic E-state index is 0.776. The van der Waals surface area contributed by atoms with Gasteiger partial charge < -0.3 is 0 Å². The van der Waals surface area contributed by atoms with Gasteiger partial charge in [-0.05, 0) is 58.6 Å². The molecule has 0 saturated carbocycles. The third kappa shape index (κ3) is 3.42. The summed E-state index contributed by atoms with van der Waals surface area (Å²) in [6, 6.07) is 8.09. The van der Waals surface area contributed by atoms with E-state index in [1.807, 2.05) is 36.7 Å². The summed E-state index contributed by atoms with van der Waals surface area (Å²) in [7, 11) is 0. The minimum absolute atomic E-state index is 0.776. The molecule has 0 saturated heterocycles. The lowest BCUT2D eigenvalue weighted by Crippen LogP contribution is -1.85. The lowest BCUT2D eigenvalue weighted by molar-refractivity contribution is 0.957. The second-order valence-corrected chi connectivity index (χ2v) is 5.94. The lowest BCUT2D eigenvalue weighted by Gasteiger charge is -1.99. The fourth-order valence-electron chi connectivity index (χ4n) is 0.961. The van der Waals surface area contributed by atoms with E-state index in [4.69, 9.17) is 0 Å². The zero-order chi connectivity index (χ0) is 10.7. The first-order valence-electron chi connectivity index (χ1n) is 4.15. The van der Waals surface area contributed by atoms with E-state index in [0.29, 0.717) is 0 Å². The Bertz CT molecular complexity index is 400. The van der Waals surface area contributed by atoms with E-state index in [2.05, 4.69) is 48.5 Å². The Morgan fingerprint density at radius 3 is 2.27 bits per heavy atom. The zero-order valence-corrected chi connectivity index (χ0v) is 12.1. The summed E-state index contributed by atoms with van der Waals surface area (Å²) in [4.78, 5) is 9.60. The predicted octanol–water partition coefficient (Wildman–Crippen LogP) is 3.99. The van der Waals surface area contributed by atoms with Gasteiger partial charge >= 0.3 is 0 Å². The van der Waals surface area contributed by atoms with Gasteiger partial charge in [0.2, 0.25) is 0 Å². The largest absolute Gasteiger partial charge is 0.230 e. The summed E-state index contributed by atoms with van der Waals surface area (Å²) in [6.07, 6.45) is 3.63. The molecule has 2 rings (SSSR count). The lowest BCUT2D eigenvalue weighted by atomic mass is 10.4. The molecule has 1 aromatic carbocycles. The number of halogens is 2. The predicted molar refractivity (Wildman–Crippen MR) is 73.0 cm³/mol. The van der Waals surface area contributed by atoms with Crippen molar-refractivity contribution in [3.05, 3.63) is 44.7 Å². The summed E-state index contributed by atoms with van der Waals surface area (Å²) < 4.78 is 2.13. The molecule has 2 aromatic rings. The molecule has 1 aromatic heterocycles. The molecule has 76 valence electrons. The van der Waals surface area contributed by atoms with Crippen LogP contribution in [0.25, 0.3) is 0 Å². The maximum Gasteiger partial charge on any atom is 0.192 e. The molecule has 5 heteroatoms. The molecule has 0 N–H and O–H groups in total. The molecular weight excluding hydrogens is 387 g/mol. The van der Waals surface area contributed by atoms with E-state index in [1.165, 1.54) is 0 Å². The Morgan fingerprint density at radius 2 is 1.67 bits per heavy atom. The number of aromatic nitrogens is 2. The number of benzene rings is 1. The van der Waals surface area contributed by atoms with Crippen molar-refractivity contribution in [1.29, 1.82) is 0 Å². The zero-order valence-electron chi connectivity index (χ0n) is 7.52. The van der Waals surface area contributed by atoms with Gasteiger partial charge in [-0.2, -0.15) is 0 Å². The van der Waals surface area contributed by atoms with E-state index in [9.17, 15) is 0 Å². The molecule has 0 unspecified atom stereocenters. The first-order valence-corrected chi connectivity index (χ1v) is 6.84. The summed E-state index contributed by atoms with van der Waals surface area (Å²) in [5.41, 5.74) is 0. The molecule has 0 aliphatic rings. The molecule has 0 fully saturated rings. The molecule has 2 nitrogen and oxygen atoms in total. The average Bonchev–Trinajstić information content (AvgIpc) is 2.25. The number of nitrogens with zero attached hydrogens (tertiary/aromatic N) is 2. The normalized spacial score (nSPS) is 10.3. The number of hydrogen-bond donors (Lipinski definition) is 0. The molecule has 0 aliphatic carbocycles. The Balaban J connectivity index is 2.15. The van der Waals surface area contributed by atoms with Crippen molar-refractivity contribution in [3.8, 4) is 0 Å². The minimum Gasteiger partial charge on any atom is -0.230 e. The molecular formula is C10H6BrIN2S. The first kappa shape index (κ1) is 11.3. The van der Waals surface area contributed by atoms with Gasteiger partial charge in [-0.3, -0.25) is 0 Å². The summed E-state index contributed by atoms with van der Waals surface area (Å²) in [5.74, 6) is 0. The van der Waals surface area contributed by atoms with Crippen molar-refractivity contribution in [2.75, 3.05) is 0 Å². The van der Waals surface area contributed by atoms with E-state index in [1.54, 1.807) is 11.8 Å². The maximum atomic E-state index is 4.23. The average molecular weight is 393 g/mol. The highest BCUT2D eigenvalue weighted by Gasteiger charge is 1.99. The van der Waals surface area contributed by atoms with Crippen LogP contribution in [0.2, 0.25) is 0 Å². The second-order valence-electron chi connectivity index (χ2n) is 2.74. The standard InChI is InChI=1S/C10H6BrIN2S/c11-7-1-3-9(4-2-7)15-10-13-5-8(12)6-14-10/h1-6H. The van der Waals surface area contributed by atoms with Crippen LogP contribution in [0.3, 0.4) is 0 Å². The molecule has 0 spiro atoms. The van der Waals surface area contributed by atoms with E-state index in [-0.39, 0.29) is 0 Å². The van der Waals surface area contributed by atoms with Crippen LogP contribution in [0, 0.1) is 3.57 Å². The van der Waals surface area contributed by atoms with Crippen molar-refractivity contribution in [2.45, 2.75) is 10.1 Å². The van der Waals surface area contributed by atoms with Crippen LogP contribution in [-0.2, 0) is 0 Å². The summed E-state index contributed by atoms with van der Waals surface area (Å²) in [5, 5.41) is 0.776. The maximum absolute atomic E-state index is 4.23. The quantitative estimate of drug-likeness (QED) is 0.570. The van der Waals surface area contributed by atoms with Crippen molar-refractivity contribution in [2.24, 2.45) is 0 Å². The number of rotatable bonds is 2. The molecule has 0 amide bonds. The van der Waals surface area contributed by atoms with Gasteiger partial charge in [0, 0.05) is 25.3 Å². The van der Waals surface area contributed by atoms with E-state index < -0.39 is 0 Å². The molecule has 1 heterocycles. The van der Waals surface area contributed by atoms with Crippen molar-refractivity contribution in [1.82, 2.24) is 9.97 Å². The van der Waals surface area contributed by atoms with Crippen LogP contribution >= 0.6 is 50.3 Å². The molecule has 0 atom stereocenters. The topological polar surface area (TPSA) is 25.8 Å². The van der Waals surface area contributed by atoms with Gasteiger partial charge in [0.25, 0.3) is 0 Å². The van der Waals surface area contributed by atoms with Crippen molar-refractivity contribution < 1.29 is 0 Å². The van der Waals surface area contributed by atoms with Crippen LogP contribution in [0.1, 0.15) is 0 Å². The fourth-order valence-corrected chi connectivity index (χ4v) is 2.20. The Morgan fingerprint density at radius 1 is 1.07 bits per heavy atom. The second kappa shape index (κ2) is 5.27. The van der Waals surface area contributed by atoms with Crippen LogP contribution in [0.4, 0.5) is 0 Å². The molecule has 0 bridgehead atoms. The van der Waals surface area contributed by atoms with Crippen LogP contribution < -0.4 is 0 Å². The Kier molecular flexibility index (Phi) is 3.99. The van der Waals surface area contributed by atoms with Crippen molar-refractivity contribution >= 4 is 50.3 Å². The first-order chi connectivity index (χ1) is 7.24. The van der Waals surface area contributed by atoms with E-state index >= 15 is 0 Å². The highest BCUT2D eigenvalue weighted by molar-refractivity contribution is 14.1. The van der Waals surface area contributed by atoms with Gasteiger partial charge in [-0.25, -0.2) is 9.97 Å². The van der Waals surface area contributed by atoms with Crippen LogP contribution in [0.5, 0.6) is 0 Å². The molecule has 15 heavy (non-hydrogen) atoms. The van der Waals surface area contributed by atoms with Gasteiger partial charge in [0.1, 0.15) is 0 Å². The van der Waals surface area contributed by atoms with Gasteiger partial charge in [0.05, 0.1) is 0 Å². The highest BCUT2D eigenvalue weighted by atomic mass is 127. The van der Waals surface area contributed by atoms with Crippen LogP contribution in [0.15, 0.2) is 51.2 Å². The monoisotopic (exact) mass is 392 g/mol. The molecule has 0 radical (unpaired) electrons. The summed E-state index contributed by atoms with van der Waals surface area (Å²) >= 11 is 7.15.